The first-order valence-corrected chi connectivity index (χ1v) is 3.98. The van der Waals surface area contributed by atoms with Gasteiger partial charge in [0.25, 0.3) is 5.69 Å². The molecule has 0 atom stereocenters. The molecule has 12 heavy (non-hydrogen) atoms. The van der Waals surface area contributed by atoms with Crippen LogP contribution in [0.4, 0.5) is 5.69 Å². The minimum Gasteiger partial charge on any atom is -0.258 e. The average Bonchev–Trinajstić information content (AvgIpc) is 2.05. The van der Waals surface area contributed by atoms with Crippen molar-refractivity contribution < 1.29 is 4.92 Å². The van der Waals surface area contributed by atoms with E-state index in [0.29, 0.717) is 11.4 Å². The van der Waals surface area contributed by atoms with Gasteiger partial charge in [0.2, 0.25) is 0 Å². The van der Waals surface area contributed by atoms with Gasteiger partial charge in [-0.3, -0.25) is 10.1 Å². The number of rotatable bonds is 2. The number of aryl methyl sites for hydroxylation is 1. The summed E-state index contributed by atoms with van der Waals surface area (Å²) in [4.78, 5) is 10.1. The van der Waals surface area contributed by atoms with Crippen molar-refractivity contribution in [1.29, 1.82) is 0 Å². The summed E-state index contributed by atoms with van der Waals surface area (Å²) in [7, 11) is 0. The summed E-state index contributed by atoms with van der Waals surface area (Å²) >= 11 is 5.53. The lowest BCUT2D eigenvalue weighted by Gasteiger charge is -1.98. The zero-order chi connectivity index (χ0) is 9.14. The van der Waals surface area contributed by atoms with Gasteiger partial charge in [-0.2, -0.15) is 0 Å². The first-order chi connectivity index (χ1) is 5.65. The van der Waals surface area contributed by atoms with Crippen molar-refractivity contribution in [2.45, 2.75) is 12.8 Å². The van der Waals surface area contributed by atoms with Crippen LogP contribution in [0.15, 0.2) is 18.2 Å². The molecule has 0 N–H and O–H groups in total. The fourth-order valence-corrected chi connectivity index (χ4v) is 1.10. The number of hydrogen-bond acceptors (Lipinski definition) is 2. The van der Waals surface area contributed by atoms with Crippen LogP contribution in [0.5, 0.6) is 0 Å². The average molecular weight is 186 g/mol. The Balaban J connectivity index is 3.17. The van der Waals surface area contributed by atoms with Crippen LogP contribution in [0.3, 0.4) is 0 Å². The molecule has 1 rings (SSSR count). The van der Waals surface area contributed by atoms with Crippen molar-refractivity contribution in [3.05, 3.63) is 39.4 Å². The molecule has 0 heterocycles. The lowest BCUT2D eigenvalue weighted by Crippen LogP contribution is -1.92. The smallest absolute Gasteiger partial charge is 0.258 e. The zero-order valence-corrected chi connectivity index (χ0v) is 7.34. The molecule has 0 spiro atoms. The lowest BCUT2D eigenvalue weighted by molar-refractivity contribution is -0.385. The Morgan fingerprint density at radius 3 is 2.75 bits per heavy atom. The van der Waals surface area contributed by atoms with Crippen molar-refractivity contribution in [1.82, 2.24) is 0 Å². The van der Waals surface area contributed by atoms with Gasteiger partial charge in [-0.15, -0.1) is 11.6 Å². The molecule has 0 aliphatic rings. The number of hydrogen-bond donors (Lipinski definition) is 0. The molecule has 0 unspecified atom stereocenters. The highest BCUT2D eigenvalue weighted by Crippen LogP contribution is 2.19. The van der Waals surface area contributed by atoms with E-state index in [4.69, 9.17) is 11.6 Å². The molecule has 64 valence electrons. The Morgan fingerprint density at radius 1 is 1.58 bits per heavy atom. The molecular weight excluding hydrogens is 178 g/mol. The van der Waals surface area contributed by atoms with Crippen molar-refractivity contribution in [3.63, 3.8) is 0 Å². The maximum absolute atomic E-state index is 10.5. The molecule has 0 bridgehead atoms. The summed E-state index contributed by atoms with van der Waals surface area (Å²) < 4.78 is 0. The van der Waals surface area contributed by atoms with Crippen LogP contribution >= 0.6 is 11.6 Å². The number of nitro groups is 1. The topological polar surface area (TPSA) is 43.1 Å². The molecule has 0 aliphatic heterocycles. The SMILES string of the molecule is Cc1ccc(CCl)cc1[N+](=O)[O-]. The number of halogens is 1. The second-order valence-corrected chi connectivity index (χ2v) is 2.78. The normalized spacial score (nSPS) is 9.83. The zero-order valence-electron chi connectivity index (χ0n) is 6.58. The van der Waals surface area contributed by atoms with Gasteiger partial charge in [0.15, 0.2) is 0 Å². The Labute approximate surface area is 75.1 Å². The number of nitro benzene ring substituents is 1. The number of benzene rings is 1. The van der Waals surface area contributed by atoms with Gasteiger partial charge < -0.3 is 0 Å². The van der Waals surface area contributed by atoms with Crippen LogP contribution in [-0.2, 0) is 5.88 Å². The fourth-order valence-electron chi connectivity index (χ4n) is 0.935. The molecule has 4 heteroatoms. The minimum absolute atomic E-state index is 0.133. The van der Waals surface area contributed by atoms with E-state index in [9.17, 15) is 10.1 Å². The molecule has 0 amide bonds. The molecule has 0 radical (unpaired) electrons. The van der Waals surface area contributed by atoms with E-state index in [1.165, 1.54) is 6.07 Å². The van der Waals surface area contributed by atoms with Crippen molar-refractivity contribution in [2.75, 3.05) is 0 Å². The molecule has 0 fully saturated rings. The largest absolute Gasteiger partial charge is 0.272 e. The van der Waals surface area contributed by atoms with Crippen LogP contribution in [-0.4, -0.2) is 4.92 Å². The van der Waals surface area contributed by atoms with E-state index in [0.717, 1.165) is 5.56 Å². The second kappa shape index (κ2) is 3.54. The predicted molar refractivity (Wildman–Crippen MR) is 47.4 cm³/mol. The van der Waals surface area contributed by atoms with E-state index in [-0.39, 0.29) is 5.69 Å². The van der Waals surface area contributed by atoms with E-state index in [2.05, 4.69) is 0 Å². The van der Waals surface area contributed by atoms with E-state index in [1.54, 1.807) is 19.1 Å². The Kier molecular flexibility index (Phi) is 2.65. The lowest BCUT2D eigenvalue weighted by atomic mass is 10.1. The van der Waals surface area contributed by atoms with Crippen LogP contribution < -0.4 is 0 Å². The summed E-state index contributed by atoms with van der Waals surface area (Å²) in [6, 6.07) is 4.99. The highest BCUT2D eigenvalue weighted by atomic mass is 35.5. The standard InChI is InChI=1S/C8H8ClNO2/c1-6-2-3-7(5-9)4-8(6)10(11)12/h2-4H,5H2,1H3. The van der Waals surface area contributed by atoms with Gasteiger partial charge >= 0.3 is 0 Å². The Morgan fingerprint density at radius 2 is 2.25 bits per heavy atom. The fraction of sp³-hybridized carbons (Fsp3) is 0.250. The molecule has 1 aromatic carbocycles. The molecule has 0 aromatic heterocycles. The van der Waals surface area contributed by atoms with E-state index < -0.39 is 4.92 Å². The van der Waals surface area contributed by atoms with Crippen LogP contribution in [0.25, 0.3) is 0 Å². The Bertz CT molecular complexity index is 312. The van der Waals surface area contributed by atoms with Crippen LogP contribution in [0, 0.1) is 17.0 Å². The van der Waals surface area contributed by atoms with Gasteiger partial charge in [0.1, 0.15) is 0 Å². The third kappa shape index (κ3) is 1.74. The van der Waals surface area contributed by atoms with Crippen LogP contribution in [0.1, 0.15) is 11.1 Å². The van der Waals surface area contributed by atoms with Gasteiger partial charge in [-0.25, -0.2) is 0 Å². The molecule has 0 aliphatic carbocycles. The third-order valence-corrected chi connectivity index (χ3v) is 1.93. The monoisotopic (exact) mass is 185 g/mol. The molecule has 1 aromatic rings. The van der Waals surface area contributed by atoms with Crippen molar-refractivity contribution in [3.8, 4) is 0 Å². The molecule has 0 saturated carbocycles. The predicted octanol–water partition coefficient (Wildman–Crippen LogP) is 2.64. The third-order valence-electron chi connectivity index (χ3n) is 1.62. The number of nitrogens with zero attached hydrogens (tertiary/aromatic N) is 1. The summed E-state index contributed by atoms with van der Waals surface area (Å²) in [5, 5.41) is 10.5. The molecule has 0 saturated heterocycles. The Hall–Kier alpha value is -1.09. The summed E-state index contributed by atoms with van der Waals surface area (Å²) in [6.45, 7) is 1.70. The highest BCUT2D eigenvalue weighted by molar-refractivity contribution is 6.17. The van der Waals surface area contributed by atoms with Crippen LogP contribution in [0.2, 0.25) is 0 Å². The van der Waals surface area contributed by atoms with E-state index in [1.807, 2.05) is 0 Å². The van der Waals surface area contributed by atoms with Gasteiger partial charge in [-0.1, -0.05) is 12.1 Å². The maximum Gasteiger partial charge on any atom is 0.272 e. The quantitative estimate of drug-likeness (QED) is 0.404. The minimum atomic E-state index is -0.397. The summed E-state index contributed by atoms with van der Waals surface area (Å²) in [6.07, 6.45) is 0. The second-order valence-electron chi connectivity index (χ2n) is 2.51. The highest BCUT2D eigenvalue weighted by Gasteiger charge is 2.09. The first-order valence-electron chi connectivity index (χ1n) is 3.45. The van der Waals surface area contributed by atoms with E-state index >= 15 is 0 Å². The summed E-state index contributed by atoms with van der Waals surface area (Å²) in [5.74, 6) is 0.307. The van der Waals surface area contributed by atoms with Gasteiger partial charge in [-0.05, 0) is 12.5 Å². The van der Waals surface area contributed by atoms with Crippen molar-refractivity contribution in [2.24, 2.45) is 0 Å². The maximum atomic E-state index is 10.5. The van der Waals surface area contributed by atoms with Gasteiger partial charge in [0.05, 0.1) is 4.92 Å². The van der Waals surface area contributed by atoms with Gasteiger partial charge in [0, 0.05) is 17.5 Å². The number of alkyl halides is 1. The molecule has 3 nitrogen and oxygen atoms in total. The molecular formula is C8H8ClNO2. The van der Waals surface area contributed by atoms with Crippen molar-refractivity contribution >= 4 is 17.3 Å². The first kappa shape index (κ1) is 9.00. The summed E-state index contributed by atoms with van der Waals surface area (Å²) in [5.41, 5.74) is 1.57.